The average molecular weight is 575 g/mol. The van der Waals surface area contributed by atoms with Gasteiger partial charge in [0.05, 0.1) is 0 Å². The largest absolute Gasteiger partial charge is 0.748 e. The molecule has 0 fully saturated rings. The molecule has 0 aromatic heterocycles. The number of rotatable bonds is 5. The molecule has 0 atom stereocenters. The van der Waals surface area contributed by atoms with Crippen LogP contribution in [0.4, 0.5) is 0 Å². The van der Waals surface area contributed by atoms with Crippen molar-refractivity contribution < 1.29 is 17.1 Å². The first-order valence-electron chi connectivity index (χ1n) is 13.1. The van der Waals surface area contributed by atoms with Gasteiger partial charge in [-0.2, -0.15) is 11.6 Å². The van der Waals surface area contributed by atoms with E-state index in [1.54, 1.807) is 16.3 Å². The average Bonchev–Trinajstić information content (AvgIpc) is 3.25. The van der Waals surface area contributed by atoms with Crippen LogP contribution in [-0.2, 0) is 29.4 Å². The second-order valence-electron chi connectivity index (χ2n) is 14.9. The molecule has 0 unspecified atom stereocenters. The van der Waals surface area contributed by atoms with Gasteiger partial charge in [-0.05, 0) is 26.8 Å². The zero-order valence-electron chi connectivity index (χ0n) is 25.7. The predicted octanol–water partition coefficient (Wildman–Crippen LogP) is 10.5. The van der Waals surface area contributed by atoms with Crippen molar-refractivity contribution >= 4 is 29.1 Å². The summed E-state index contributed by atoms with van der Waals surface area (Å²) in [5, 5.41) is 3.12. The maximum Gasteiger partial charge on any atom is 0 e. The first kappa shape index (κ1) is 35.3. The van der Waals surface area contributed by atoms with Crippen LogP contribution in [0.1, 0.15) is 94.2 Å². The molecular formula is C31H56FeP2Si-6. The number of hydrogen-bond acceptors (Lipinski definition) is 0. The summed E-state index contributed by atoms with van der Waals surface area (Å²) >= 11 is 0. The normalized spacial score (nSPS) is 13.5. The van der Waals surface area contributed by atoms with E-state index in [2.05, 4.69) is 145 Å². The van der Waals surface area contributed by atoms with Crippen LogP contribution in [0.25, 0.3) is 0 Å². The standard InChI is InChI=1S/C23H43P2.C8H13Si.Fe/c1-20(2,3)24(21(4,5)6)16-18-14-13-15-19(18)17-25(22(7,8)9)23(10,11)12;1-9(2,3)8-6-4-5-7-8;/h13-15H,16-17H2,1-12H3;4-7H,1-3H3;/q-1;-5;. The van der Waals surface area contributed by atoms with Gasteiger partial charge in [0.2, 0.25) is 0 Å². The SMILES string of the molecule is CC(C)(C)P(Cc1ccc[c-]1CP(C(C)(C)C)C(C)(C)C)C(C)(C)C.C[Si](C)(C)[c-]1[cH-][cH-][cH-][cH-]1.[Fe]. The van der Waals surface area contributed by atoms with Crippen molar-refractivity contribution in [3.8, 4) is 0 Å². The van der Waals surface area contributed by atoms with Crippen molar-refractivity contribution in [1.29, 1.82) is 0 Å². The Bertz CT molecular complexity index is 768. The van der Waals surface area contributed by atoms with Gasteiger partial charge in [0.15, 0.2) is 0 Å². The maximum atomic E-state index is 2.43. The molecule has 4 heteroatoms. The molecule has 0 heterocycles. The van der Waals surface area contributed by atoms with E-state index in [9.17, 15) is 0 Å². The van der Waals surface area contributed by atoms with E-state index in [1.165, 1.54) is 12.3 Å². The molecule has 0 aliphatic rings. The van der Waals surface area contributed by atoms with Gasteiger partial charge in [0.25, 0.3) is 0 Å². The van der Waals surface area contributed by atoms with Crippen molar-refractivity contribution in [1.82, 2.24) is 0 Å². The molecule has 208 valence electrons. The summed E-state index contributed by atoms with van der Waals surface area (Å²) in [6.07, 6.45) is 2.53. The van der Waals surface area contributed by atoms with Gasteiger partial charge in [-0.15, -0.1) is 21.6 Å². The van der Waals surface area contributed by atoms with E-state index in [-0.39, 0.29) is 32.9 Å². The molecule has 2 aromatic carbocycles. The third-order valence-corrected chi connectivity index (χ3v) is 16.3. The van der Waals surface area contributed by atoms with E-state index in [1.807, 2.05) is 0 Å². The molecule has 0 aliphatic carbocycles. The minimum absolute atomic E-state index is 0. The minimum Gasteiger partial charge on any atom is -0.748 e. The van der Waals surface area contributed by atoms with Crippen LogP contribution in [0.2, 0.25) is 19.6 Å². The Morgan fingerprint density at radius 1 is 0.714 bits per heavy atom. The van der Waals surface area contributed by atoms with Crippen molar-refractivity contribution in [2.24, 2.45) is 0 Å². The fourth-order valence-corrected chi connectivity index (χ4v) is 13.4. The Balaban J connectivity index is 0.000000968. The van der Waals surface area contributed by atoms with Gasteiger partial charge >= 0.3 is 0 Å². The molecule has 35 heavy (non-hydrogen) atoms. The Kier molecular flexibility index (Phi) is 13.0. The molecular weight excluding hydrogens is 518 g/mol. The van der Waals surface area contributed by atoms with E-state index in [0.29, 0.717) is 20.6 Å². The first-order valence-corrected chi connectivity index (χ1v) is 19.6. The van der Waals surface area contributed by atoms with Crippen LogP contribution in [0.5, 0.6) is 0 Å². The van der Waals surface area contributed by atoms with Crippen LogP contribution in [-0.4, -0.2) is 28.7 Å². The Morgan fingerprint density at radius 3 is 1.43 bits per heavy atom. The summed E-state index contributed by atoms with van der Waals surface area (Å²) in [5.41, 5.74) is 3.24. The Labute approximate surface area is 234 Å². The smallest absolute Gasteiger partial charge is 0 e. The molecule has 0 nitrogen and oxygen atoms in total. The van der Waals surface area contributed by atoms with Crippen molar-refractivity contribution in [3.63, 3.8) is 0 Å². The predicted molar refractivity (Wildman–Crippen MR) is 167 cm³/mol. The molecule has 0 N–H and O–H groups in total. The fraction of sp³-hybridized carbons (Fsp3) is 0.677. The van der Waals surface area contributed by atoms with Crippen molar-refractivity contribution in [3.05, 3.63) is 53.6 Å². The number of hydrogen-bond donors (Lipinski definition) is 0. The minimum atomic E-state index is -0.981. The van der Waals surface area contributed by atoms with E-state index >= 15 is 0 Å². The quantitative estimate of drug-likeness (QED) is 0.189. The van der Waals surface area contributed by atoms with Gasteiger partial charge in [0.1, 0.15) is 0 Å². The molecule has 2 aromatic rings. The molecule has 2 rings (SSSR count). The molecule has 0 saturated heterocycles. The van der Waals surface area contributed by atoms with Gasteiger partial charge in [-0.3, -0.25) is 0 Å². The monoisotopic (exact) mass is 574 g/mol. The van der Waals surface area contributed by atoms with Gasteiger partial charge in [0, 0.05) is 17.1 Å². The summed E-state index contributed by atoms with van der Waals surface area (Å²) in [7, 11) is -1.15. The zero-order chi connectivity index (χ0) is 26.8. The fourth-order valence-electron chi connectivity index (χ4n) is 4.98. The molecule has 0 bridgehead atoms. The van der Waals surface area contributed by atoms with Crippen LogP contribution in [0, 0.1) is 0 Å². The second kappa shape index (κ2) is 12.9. The third kappa shape index (κ3) is 11.7. The molecule has 0 aliphatic heterocycles. The van der Waals surface area contributed by atoms with Crippen LogP contribution in [0.15, 0.2) is 42.5 Å². The molecule has 0 radical (unpaired) electrons. The molecule has 0 saturated carbocycles. The Hall–Kier alpha value is 0.296. The van der Waals surface area contributed by atoms with Crippen molar-refractivity contribution in [2.75, 3.05) is 0 Å². The van der Waals surface area contributed by atoms with Gasteiger partial charge in [-0.25, -0.2) is 12.1 Å². The topological polar surface area (TPSA) is 0 Å². The summed E-state index contributed by atoms with van der Waals surface area (Å²) in [6.45, 7) is 36.3. The summed E-state index contributed by atoms with van der Waals surface area (Å²) in [5.74, 6) is 0. The second-order valence-corrected chi connectivity index (χ2v) is 27.6. The zero-order valence-corrected chi connectivity index (χ0v) is 29.6. The Morgan fingerprint density at radius 2 is 1.11 bits per heavy atom. The summed E-state index contributed by atoms with van der Waals surface area (Å²) in [4.78, 5) is 0. The van der Waals surface area contributed by atoms with E-state index < -0.39 is 8.07 Å². The summed E-state index contributed by atoms with van der Waals surface area (Å²) in [6, 6.07) is 15.8. The van der Waals surface area contributed by atoms with E-state index in [4.69, 9.17) is 0 Å². The van der Waals surface area contributed by atoms with Crippen molar-refractivity contribution in [2.45, 2.75) is 136 Å². The maximum absolute atomic E-state index is 2.43. The van der Waals surface area contributed by atoms with Gasteiger partial charge < -0.3 is 29.5 Å². The van der Waals surface area contributed by atoms with Crippen LogP contribution < -0.4 is 5.19 Å². The third-order valence-electron chi connectivity index (χ3n) is 6.43. The van der Waals surface area contributed by atoms with E-state index in [0.717, 1.165) is 0 Å². The first-order chi connectivity index (χ1) is 15.0. The van der Waals surface area contributed by atoms with Crippen LogP contribution >= 0.6 is 15.8 Å². The van der Waals surface area contributed by atoms with Gasteiger partial charge in [-0.1, -0.05) is 117 Å². The summed E-state index contributed by atoms with van der Waals surface area (Å²) < 4.78 is 0. The van der Waals surface area contributed by atoms with Crippen LogP contribution in [0.3, 0.4) is 0 Å². The molecule has 0 amide bonds. The molecule has 0 spiro atoms.